The second-order valence-corrected chi connectivity index (χ2v) is 10.8. The Morgan fingerprint density at radius 2 is 1.86 bits per heavy atom. The van der Waals surface area contributed by atoms with Crippen molar-refractivity contribution in [2.75, 3.05) is 0 Å². The Morgan fingerprint density at radius 3 is 2.52 bits per heavy atom. The maximum Gasteiger partial charge on any atom is 0.333 e. The zero-order valence-electron chi connectivity index (χ0n) is 18.4. The summed E-state index contributed by atoms with van der Waals surface area (Å²) in [6.45, 7) is 12.4. The molecule has 0 saturated heterocycles. The molecular weight excluding hydrogens is 364 g/mol. The predicted molar refractivity (Wildman–Crippen MR) is 112 cm³/mol. The monoisotopic (exact) mass is 400 g/mol. The Labute approximate surface area is 174 Å². The highest BCUT2D eigenvalue weighted by atomic mass is 16.5. The SMILES string of the molecule is C=C1C2CCC3C(CCC4[C@@]3(C)CCC[C@@]4(C)C(=O)O)(C2)[C@@H]1OC(=O)C(C)=CC. The van der Waals surface area contributed by atoms with E-state index in [4.69, 9.17) is 4.74 Å². The van der Waals surface area contributed by atoms with Crippen molar-refractivity contribution >= 4 is 11.9 Å². The molecule has 0 aromatic heterocycles. The summed E-state index contributed by atoms with van der Waals surface area (Å²) >= 11 is 0. The van der Waals surface area contributed by atoms with Crippen LogP contribution >= 0.6 is 0 Å². The van der Waals surface area contributed by atoms with Gasteiger partial charge in [-0.15, -0.1) is 0 Å². The molecule has 0 aromatic carbocycles. The van der Waals surface area contributed by atoms with Crippen LogP contribution in [-0.4, -0.2) is 23.1 Å². The van der Waals surface area contributed by atoms with Crippen LogP contribution in [0.25, 0.3) is 0 Å². The number of hydrogen-bond acceptors (Lipinski definition) is 3. The Bertz CT molecular complexity index is 782. The summed E-state index contributed by atoms with van der Waals surface area (Å²) in [5.41, 5.74) is 1.02. The molecule has 4 nitrogen and oxygen atoms in total. The number of carbonyl (C=O) groups is 2. The molecule has 4 unspecified atom stereocenters. The normalized spacial score (nSPS) is 46.6. The van der Waals surface area contributed by atoms with Crippen molar-refractivity contribution in [2.45, 2.75) is 85.2 Å². The van der Waals surface area contributed by atoms with Gasteiger partial charge in [0, 0.05) is 11.0 Å². The van der Waals surface area contributed by atoms with Gasteiger partial charge in [-0.05, 0) is 94.5 Å². The van der Waals surface area contributed by atoms with Crippen LogP contribution in [-0.2, 0) is 14.3 Å². The first-order valence-corrected chi connectivity index (χ1v) is 11.4. The maximum absolute atomic E-state index is 12.7. The molecule has 1 N–H and O–H groups in total. The van der Waals surface area contributed by atoms with Gasteiger partial charge in [-0.2, -0.15) is 0 Å². The minimum Gasteiger partial charge on any atom is -0.481 e. The second kappa shape index (κ2) is 6.72. The van der Waals surface area contributed by atoms with Crippen LogP contribution in [0, 0.1) is 34.0 Å². The Hall–Kier alpha value is -1.58. The van der Waals surface area contributed by atoms with Gasteiger partial charge in [-0.3, -0.25) is 4.79 Å². The minimum atomic E-state index is -0.644. The third kappa shape index (κ3) is 2.70. The van der Waals surface area contributed by atoms with E-state index in [0.29, 0.717) is 17.4 Å². The van der Waals surface area contributed by atoms with Gasteiger partial charge in [0.2, 0.25) is 0 Å². The summed E-state index contributed by atoms with van der Waals surface area (Å²) in [6, 6.07) is 0. The van der Waals surface area contributed by atoms with E-state index in [0.717, 1.165) is 56.9 Å². The molecule has 0 amide bonds. The van der Waals surface area contributed by atoms with Crippen molar-refractivity contribution in [3.63, 3.8) is 0 Å². The van der Waals surface area contributed by atoms with Crippen molar-refractivity contribution in [3.8, 4) is 0 Å². The maximum atomic E-state index is 12.7. The summed E-state index contributed by atoms with van der Waals surface area (Å²) < 4.78 is 6.15. The summed E-state index contributed by atoms with van der Waals surface area (Å²) in [5, 5.41) is 10.1. The number of carbonyl (C=O) groups excluding carboxylic acids is 1. The summed E-state index contributed by atoms with van der Waals surface area (Å²) in [5.74, 6) is 0.151. The highest BCUT2D eigenvalue weighted by Crippen LogP contribution is 2.72. The van der Waals surface area contributed by atoms with Crippen LogP contribution < -0.4 is 0 Å². The first-order chi connectivity index (χ1) is 13.6. The number of carboxylic acid groups (broad SMARTS) is 1. The summed E-state index contributed by atoms with van der Waals surface area (Å²) in [6.07, 6.45) is 9.50. The van der Waals surface area contributed by atoms with Crippen LogP contribution in [0.3, 0.4) is 0 Å². The Morgan fingerprint density at radius 1 is 1.14 bits per heavy atom. The first kappa shape index (κ1) is 20.7. The molecule has 4 heteroatoms. The van der Waals surface area contributed by atoms with E-state index in [1.54, 1.807) is 13.0 Å². The van der Waals surface area contributed by atoms with Crippen molar-refractivity contribution in [3.05, 3.63) is 23.8 Å². The molecule has 29 heavy (non-hydrogen) atoms. The van der Waals surface area contributed by atoms with Gasteiger partial charge in [0.05, 0.1) is 5.41 Å². The number of rotatable bonds is 3. The average molecular weight is 401 g/mol. The van der Waals surface area contributed by atoms with E-state index in [-0.39, 0.29) is 28.8 Å². The number of aliphatic carboxylic acids is 1. The predicted octanol–water partition coefficient (Wildman–Crippen LogP) is 5.53. The number of fused-ring (bicyclic) bond motifs is 3. The van der Waals surface area contributed by atoms with Crippen molar-refractivity contribution < 1.29 is 19.4 Å². The highest BCUT2D eigenvalue weighted by Gasteiger charge is 2.68. The molecule has 0 aliphatic heterocycles. The Kier molecular flexibility index (Phi) is 4.79. The lowest BCUT2D eigenvalue weighted by atomic mass is 9.40. The van der Waals surface area contributed by atoms with Gasteiger partial charge in [-0.25, -0.2) is 4.79 Å². The van der Waals surface area contributed by atoms with Crippen LogP contribution in [0.1, 0.15) is 79.1 Å². The molecule has 4 rings (SSSR count). The third-order valence-electron chi connectivity index (χ3n) is 9.65. The van der Waals surface area contributed by atoms with E-state index in [1.807, 2.05) is 13.8 Å². The number of ether oxygens (including phenoxy) is 1. The van der Waals surface area contributed by atoms with Crippen LogP contribution in [0.4, 0.5) is 0 Å². The number of esters is 1. The van der Waals surface area contributed by atoms with E-state index < -0.39 is 11.4 Å². The van der Waals surface area contributed by atoms with E-state index in [2.05, 4.69) is 13.5 Å². The molecule has 160 valence electrons. The van der Waals surface area contributed by atoms with Crippen molar-refractivity contribution in [2.24, 2.45) is 34.0 Å². The largest absolute Gasteiger partial charge is 0.481 e. The Balaban J connectivity index is 1.73. The number of allylic oxidation sites excluding steroid dienone is 1. The van der Waals surface area contributed by atoms with Gasteiger partial charge < -0.3 is 9.84 Å². The van der Waals surface area contributed by atoms with E-state index >= 15 is 0 Å². The van der Waals surface area contributed by atoms with Crippen LogP contribution in [0.2, 0.25) is 0 Å². The number of carboxylic acids is 1. The molecule has 0 heterocycles. The average Bonchev–Trinajstić information content (AvgIpc) is 2.87. The molecule has 4 aliphatic carbocycles. The molecule has 0 aromatic rings. The third-order valence-corrected chi connectivity index (χ3v) is 9.65. The van der Waals surface area contributed by atoms with Gasteiger partial charge in [0.25, 0.3) is 0 Å². The highest BCUT2D eigenvalue weighted by molar-refractivity contribution is 5.88. The van der Waals surface area contributed by atoms with Gasteiger partial charge in [0.1, 0.15) is 6.10 Å². The fourth-order valence-electron chi connectivity index (χ4n) is 8.10. The van der Waals surface area contributed by atoms with Gasteiger partial charge >= 0.3 is 11.9 Å². The molecule has 4 saturated carbocycles. The first-order valence-electron chi connectivity index (χ1n) is 11.4. The quantitative estimate of drug-likeness (QED) is 0.384. The summed E-state index contributed by atoms with van der Waals surface area (Å²) in [7, 11) is 0. The van der Waals surface area contributed by atoms with Gasteiger partial charge in [-0.1, -0.05) is 26.0 Å². The van der Waals surface area contributed by atoms with Crippen LogP contribution in [0.15, 0.2) is 23.8 Å². The summed E-state index contributed by atoms with van der Waals surface area (Å²) in [4.78, 5) is 25.0. The van der Waals surface area contributed by atoms with Crippen LogP contribution in [0.5, 0.6) is 0 Å². The molecule has 4 fully saturated rings. The lowest BCUT2D eigenvalue weighted by Crippen LogP contribution is -2.60. The topological polar surface area (TPSA) is 63.6 Å². The molecule has 7 atom stereocenters. The second-order valence-electron chi connectivity index (χ2n) is 10.8. The lowest BCUT2D eigenvalue weighted by Gasteiger charge is -2.63. The fourth-order valence-corrected chi connectivity index (χ4v) is 8.10. The fraction of sp³-hybridized carbons (Fsp3) is 0.760. The van der Waals surface area contributed by atoms with E-state index in [1.165, 1.54) is 0 Å². The lowest BCUT2D eigenvalue weighted by molar-refractivity contribution is -0.195. The molecule has 4 aliphatic rings. The minimum absolute atomic E-state index is 0.0144. The number of hydrogen-bond donors (Lipinski definition) is 1. The standard InChI is InChI=1S/C25H36O4/c1-6-15(2)21(26)29-20-16(3)17-8-9-19-23(4)11-7-12-24(5,22(27)28)18(23)10-13-25(19,20)14-17/h6,17-20H,3,7-14H2,1-2,4-5H3,(H,27,28)/t17?,18?,19?,20-,23-,24-,25?/m1/s1. The van der Waals surface area contributed by atoms with E-state index in [9.17, 15) is 14.7 Å². The molecule has 0 radical (unpaired) electrons. The molecular formula is C25H36O4. The zero-order valence-corrected chi connectivity index (χ0v) is 18.4. The van der Waals surface area contributed by atoms with Crippen molar-refractivity contribution in [1.29, 1.82) is 0 Å². The molecule has 2 bridgehead atoms. The van der Waals surface area contributed by atoms with Gasteiger partial charge in [0.15, 0.2) is 0 Å². The molecule has 1 spiro atoms. The zero-order chi connectivity index (χ0) is 21.2. The van der Waals surface area contributed by atoms with Crippen molar-refractivity contribution in [1.82, 2.24) is 0 Å². The smallest absolute Gasteiger partial charge is 0.333 e.